The standard InChI is InChI=1S/C16H12F3N3O4S/c1-26-13-7-6-9(8-12(13)22(24)25)14(23)21-15(27)20-11-5-3-2-4-10(11)16(17,18)19/h2-8H,1H3,(H2,20,21,23,27). The average Bonchev–Trinajstić information content (AvgIpc) is 2.60. The maximum absolute atomic E-state index is 13.0. The molecule has 0 atom stereocenters. The molecule has 0 fully saturated rings. The molecular formula is C16H12F3N3O4S. The summed E-state index contributed by atoms with van der Waals surface area (Å²) in [6.45, 7) is 0. The second-order valence-electron chi connectivity index (χ2n) is 5.10. The van der Waals surface area contributed by atoms with Crippen LogP contribution in [0.5, 0.6) is 5.75 Å². The van der Waals surface area contributed by atoms with Crippen molar-refractivity contribution in [2.45, 2.75) is 6.18 Å². The fraction of sp³-hybridized carbons (Fsp3) is 0.125. The van der Waals surface area contributed by atoms with Gasteiger partial charge in [0, 0.05) is 11.6 Å². The number of rotatable bonds is 4. The maximum atomic E-state index is 13.0. The van der Waals surface area contributed by atoms with Crippen molar-refractivity contribution in [3.05, 3.63) is 63.7 Å². The summed E-state index contributed by atoms with van der Waals surface area (Å²) in [4.78, 5) is 22.4. The van der Waals surface area contributed by atoms with Gasteiger partial charge in [0.05, 0.1) is 23.3 Å². The molecule has 0 saturated heterocycles. The molecule has 2 aromatic carbocycles. The van der Waals surface area contributed by atoms with E-state index < -0.39 is 33.4 Å². The number of hydrogen-bond donors (Lipinski definition) is 2. The first kappa shape index (κ1) is 20.1. The van der Waals surface area contributed by atoms with Gasteiger partial charge in [0.25, 0.3) is 5.91 Å². The zero-order valence-corrected chi connectivity index (χ0v) is 14.5. The van der Waals surface area contributed by atoms with Gasteiger partial charge in [-0.2, -0.15) is 13.2 Å². The predicted octanol–water partition coefficient (Wildman–Crippen LogP) is 3.75. The number of anilines is 1. The van der Waals surface area contributed by atoms with Crippen molar-refractivity contribution >= 4 is 34.6 Å². The maximum Gasteiger partial charge on any atom is 0.418 e. The Morgan fingerprint density at radius 1 is 1.22 bits per heavy atom. The molecule has 0 unspecified atom stereocenters. The van der Waals surface area contributed by atoms with Crippen molar-refractivity contribution in [1.82, 2.24) is 5.32 Å². The Bertz CT molecular complexity index is 903. The Kier molecular flexibility index (Phi) is 5.95. The van der Waals surface area contributed by atoms with E-state index in [-0.39, 0.29) is 17.0 Å². The van der Waals surface area contributed by atoms with Gasteiger partial charge in [-0.1, -0.05) is 12.1 Å². The van der Waals surface area contributed by atoms with Crippen LogP contribution < -0.4 is 15.4 Å². The molecule has 27 heavy (non-hydrogen) atoms. The molecule has 11 heteroatoms. The van der Waals surface area contributed by atoms with Crippen LogP contribution in [-0.2, 0) is 6.18 Å². The number of carbonyl (C=O) groups excluding carboxylic acids is 1. The van der Waals surface area contributed by atoms with E-state index in [9.17, 15) is 28.1 Å². The van der Waals surface area contributed by atoms with Gasteiger partial charge in [-0.3, -0.25) is 20.2 Å². The average molecular weight is 399 g/mol. The summed E-state index contributed by atoms with van der Waals surface area (Å²) in [6, 6.07) is 8.05. The van der Waals surface area contributed by atoms with Crippen LogP contribution in [0.25, 0.3) is 0 Å². The molecule has 0 aliphatic carbocycles. The van der Waals surface area contributed by atoms with E-state index in [0.717, 1.165) is 18.2 Å². The molecule has 7 nitrogen and oxygen atoms in total. The van der Waals surface area contributed by atoms with Gasteiger partial charge >= 0.3 is 11.9 Å². The molecule has 0 aliphatic heterocycles. The Balaban J connectivity index is 2.17. The highest BCUT2D eigenvalue weighted by molar-refractivity contribution is 7.80. The van der Waals surface area contributed by atoms with Gasteiger partial charge in [-0.25, -0.2) is 0 Å². The summed E-state index contributed by atoms with van der Waals surface area (Å²) >= 11 is 4.86. The summed E-state index contributed by atoms with van der Waals surface area (Å²) < 4.78 is 43.7. The minimum Gasteiger partial charge on any atom is -0.490 e. The first-order valence-corrected chi connectivity index (χ1v) is 7.65. The summed E-state index contributed by atoms with van der Waals surface area (Å²) in [5, 5.41) is 15.1. The molecular weight excluding hydrogens is 387 g/mol. The van der Waals surface area contributed by atoms with Gasteiger partial charge in [0.2, 0.25) is 0 Å². The molecule has 0 spiro atoms. The molecule has 0 aliphatic rings. The second-order valence-corrected chi connectivity index (χ2v) is 5.50. The largest absolute Gasteiger partial charge is 0.490 e. The third kappa shape index (κ3) is 4.91. The van der Waals surface area contributed by atoms with E-state index in [1.807, 2.05) is 0 Å². The number of benzene rings is 2. The number of nitrogens with one attached hydrogen (secondary N) is 2. The van der Waals surface area contributed by atoms with Crippen LogP contribution in [0.2, 0.25) is 0 Å². The van der Waals surface area contributed by atoms with Gasteiger partial charge < -0.3 is 10.1 Å². The van der Waals surface area contributed by atoms with Crippen LogP contribution in [0.4, 0.5) is 24.5 Å². The van der Waals surface area contributed by atoms with Crippen LogP contribution in [0.1, 0.15) is 15.9 Å². The molecule has 0 aromatic heterocycles. The smallest absolute Gasteiger partial charge is 0.418 e. The summed E-state index contributed by atoms with van der Waals surface area (Å²) in [5.41, 5.74) is -1.85. The lowest BCUT2D eigenvalue weighted by Crippen LogP contribution is -2.34. The van der Waals surface area contributed by atoms with Crippen molar-refractivity contribution in [2.24, 2.45) is 0 Å². The molecule has 0 saturated carbocycles. The fourth-order valence-electron chi connectivity index (χ4n) is 2.14. The minimum atomic E-state index is -4.61. The van der Waals surface area contributed by atoms with E-state index in [4.69, 9.17) is 17.0 Å². The van der Waals surface area contributed by atoms with Crippen LogP contribution >= 0.6 is 12.2 Å². The summed E-state index contributed by atoms with van der Waals surface area (Å²) in [6.07, 6.45) is -4.61. The zero-order valence-electron chi connectivity index (χ0n) is 13.7. The quantitative estimate of drug-likeness (QED) is 0.462. The number of ether oxygens (including phenoxy) is 1. The Morgan fingerprint density at radius 3 is 2.48 bits per heavy atom. The summed E-state index contributed by atoms with van der Waals surface area (Å²) in [7, 11) is 1.24. The SMILES string of the molecule is COc1ccc(C(=O)NC(=S)Nc2ccccc2C(F)(F)F)cc1[N+](=O)[O-]. The third-order valence-corrected chi connectivity index (χ3v) is 3.55. The molecule has 0 bridgehead atoms. The lowest BCUT2D eigenvalue weighted by Gasteiger charge is -2.15. The lowest BCUT2D eigenvalue weighted by atomic mass is 10.1. The van der Waals surface area contributed by atoms with Gasteiger partial charge in [0.15, 0.2) is 10.9 Å². The van der Waals surface area contributed by atoms with Crippen molar-refractivity contribution in [3.8, 4) is 5.75 Å². The number of nitrogens with zero attached hydrogens (tertiary/aromatic N) is 1. The fourth-order valence-corrected chi connectivity index (χ4v) is 2.34. The van der Waals surface area contributed by atoms with Gasteiger partial charge in [0.1, 0.15) is 0 Å². The molecule has 0 heterocycles. The molecule has 1 amide bonds. The van der Waals surface area contributed by atoms with E-state index >= 15 is 0 Å². The number of nitro benzene ring substituents is 1. The highest BCUT2D eigenvalue weighted by Crippen LogP contribution is 2.34. The highest BCUT2D eigenvalue weighted by atomic mass is 32.1. The van der Waals surface area contributed by atoms with Crippen LogP contribution in [0.3, 0.4) is 0 Å². The van der Waals surface area contributed by atoms with Crippen molar-refractivity contribution < 1.29 is 27.6 Å². The van der Waals surface area contributed by atoms with Crippen LogP contribution in [-0.4, -0.2) is 23.1 Å². The normalized spacial score (nSPS) is 10.8. The van der Waals surface area contributed by atoms with E-state index in [1.54, 1.807) is 0 Å². The number of carbonyl (C=O) groups is 1. The molecule has 0 radical (unpaired) electrons. The Hall–Kier alpha value is -3.21. The first-order valence-electron chi connectivity index (χ1n) is 7.24. The van der Waals surface area contributed by atoms with Crippen molar-refractivity contribution in [2.75, 3.05) is 12.4 Å². The first-order chi connectivity index (χ1) is 12.6. The zero-order chi connectivity index (χ0) is 20.2. The Morgan fingerprint density at radius 2 is 1.89 bits per heavy atom. The number of halogens is 3. The molecule has 2 N–H and O–H groups in total. The lowest BCUT2D eigenvalue weighted by molar-refractivity contribution is -0.385. The topological polar surface area (TPSA) is 93.5 Å². The number of hydrogen-bond acceptors (Lipinski definition) is 5. The van der Waals surface area contributed by atoms with Gasteiger partial charge in [-0.05, 0) is 36.5 Å². The third-order valence-electron chi connectivity index (χ3n) is 3.35. The molecule has 2 aromatic rings. The summed E-state index contributed by atoms with van der Waals surface area (Å²) in [5.74, 6) is -0.876. The highest BCUT2D eigenvalue weighted by Gasteiger charge is 2.33. The van der Waals surface area contributed by atoms with Crippen LogP contribution in [0.15, 0.2) is 42.5 Å². The van der Waals surface area contributed by atoms with E-state index in [2.05, 4.69) is 10.6 Å². The Labute approximate surface area is 156 Å². The number of thiocarbonyl (C=S) groups is 1. The molecule has 142 valence electrons. The van der Waals surface area contributed by atoms with E-state index in [0.29, 0.717) is 0 Å². The number of amides is 1. The van der Waals surface area contributed by atoms with Crippen molar-refractivity contribution in [3.63, 3.8) is 0 Å². The number of methoxy groups -OCH3 is 1. The monoisotopic (exact) mass is 399 g/mol. The number of alkyl halides is 3. The minimum absolute atomic E-state index is 0.0450. The molecule has 2 rings (SSSR count). The second kappa shape index (κ2) is 7.99. The van der Waals surface area contributed by atoms with Crippen molar-refractivity contribution in [1.29, 1.82) is 0 Å². The van der Waals surface area contributed by atoms with Gasteiger partial charge in [-0.15, -0.1) is 0 Å². The number of para-hydroxylation sites is 1. The van der Waals surface area contributed by atoms with E-state index in [1.165, 1.54) is 31.4 Å². The number of nitro groups is 1. The van der Waals surface area contributed by atoms with Crippen LogP contribution in [0, 0.1) is 10.1 Å². The predicted molar refractivity (Wildman–Crippen MR) is 94.8 cm³/mol.